The molecular weight excluding hydrogens is 424 g/mol. The molecule has 1 fully saturated rings. The van der Waals surface area contributed by atoms with Crippen molar-refractivity contribution in [1.29, 1.82) is 0 Å². The fourth-order valence-corrected chi connectivity index (χ4v) is 3.37. The number of carbonyl (C=O) groups is 1. The highest BCUT2D eigenvalue weighted by molar-refractivity contribution is 5.97. The van der Waals surface area contributed by atoms with Crippen molar-refractivity contribution >= 4 is 40.1 Å². The first-order valence-corrected chi connectivity index (χ1v) is 10.5. The van der Waals surface area contributed by atoms with Gasteiger partial charge in [0.25, 0.3) is 5.91 Å². The van der Waals surface area contributed by atoms with Gasteiger partial charge in [-0.2, -0.15) is 4.98 Å². The van der Waals surface area contributed by atoms with E-state index in [4.69, 9.17) is 9.15 Å². The first kappa shape index (κ1) is 20.6. The monoisotopic (exact) mass is 446 g/mol. The number of aromatic amines is 1. The second-order valence-electron chi connectivity index (χ2n) is 7.86. The zero-order valence-corrected chi connectivity index (χ0v) is 18.1. The summed E-state index contributed by atoms with van der Waals surface area (Å²) in [5, 5.41) is 9.35. The van der Waals surface area contributed by atoms with Gasteiger partial charge in [0.15, 0.2) is 5.58 Å². The van der Waals surface area contributed by atoms with E-state index >= 15 is 0 Å². The van der Waals surface area contributed by atoms with Gasteiger partial charge in [0.1, 0.15) is 11.6 Å². The number of methoxy groups -OCH3 is 1. The van der Waals surface area contributed by atoms with Crippen LogP contribution in [0.5, 0.6) is 5.75 Å². The van der Waals surface area contributed by atoms with Gasteiger partial charge >= 0.3 is 5.76 Å². The molecule has 0 atom stereocenters. The Morgan fingerprint density at radius 2 is 1.94 bits per heavy atom. The van der Waals surface area contributed by atoms with Crippen molar-refractivity contribution in [3.63, 3.8) is 0 Å². The lowest BCUT2D eigenvalue weighted by Gasteiger charge is -2.13. The van der Waals surface area contributed by atoms with Crippen LogP contribution in [0.2, 0.25) is 0 Å². The predicted molar refractivity (Wildman–Crippen MR) is 124 cm³/mol. The van der Waals surface area contributed by atoms with E-state index in [0.717, 1.165) is 24.1 Å². The van der Waals surface area contributed by atoms with Crippen LogP contribution < -0.4 is 26.4 Å². The van der Waals surface area contributed by atoms with Crippen LogP contribution in [0.25, 0.3) is 11.1 Å². The SMILES string of the molecule is COc1cc(Nc2ncc(C)c(Nc3ccc4oc(=O)[nH]c4c3)n2)ccc1C(=O)NC1CC1. The number of anilines is 4. The molecule has 168 valence electrons. The molecule has 0 bridgehead atoms. The molecule has 0 aliphatic heterocycles. The average Bonchev–Trinajstić information content (AvgIpc) is 3.53. The topological polar surface area (TPSA) is 134 Å². The summed E-state index contributed by atoms with van der Waals surface area (Å²) in [5.74, 6) is 0.794. The van der Waals surface area contributed by atoms with E-state index in [2.05, 4.69) is 30.9 Å². The highest BCUT2D eigenvalue weighted by Gasteiger charge is 2.25. The number of aryl methyl sites for hydroxylation is 1. The van der Waals surface area contributed by atoms with Gasteiger partial charge in [-0.25, -0.2) is 9.78 Å². The normalized spacial score (nSPS) is 13.0. The molecule has 0 spiro atoms. The number of nitrogens with one attached hydrogen (secondary N) is 4. The zero-order valence-electron chi connectivity index (χ0n) is 18.1. The van der Waals surface area contributed by atoms with E-state index < -0.39 is 5.76 Å². The molecule has 1 saturated carbocycles. The van der Waals surface area contributed by atoms with Crippen molar-refractivity contribution in [3.05, 3.63) is 64.3 Å². The van der Waals surface area contributed by atoms with E-state index in [1.54, 1.807) is 42.6 Å². The lowest BCUT2D eigenvalue weighted by atomic mass is 10.1. The van der Waals surface area contributed by atoms with E-state index in [-0.39, 0.29) is 11.9 Å². The van der Waals surface area contributed by atoms with Crippen molar-refractivity contribution < 1.29 is 13.9 Å². The van der Waals surface area contributed by atoms with Crippen LogP contribution in [-0.2, 0) is 0 Å². The van der Waals surface area contributed by atoms with E-state index in [9.17, 15) is 9.59 Å². The smallest absolute Gasteiger partial charge is 0.417 e. The largest absolute Gasteiger partial charge is 0.496 e. The Hall–Kier alpha value is -4.34. The Labute approximate surface area is 188 Å². The number of aromatic nitrogens is 3. The number of hydrogen-bond acceptors (Lipinski definition) is 8. The summed E-state index contributed by atoms with van der Waals surface area (Å²) in [4.78, 5) is 35.3. The number of fused-ring (bicyclic) bond motifs is 1. The number of H-pyrrole nitrogens is 1. The van der Waals surface area contributed by atoms with Gasteiger partial charge in [0.2, 0.25) is 5.95 Å². The van der Waals surface area contributed by atoms with Gasteiger partial charge in [-0.05, 0) is 50.1 Å². The molecule has 10 nitrogen and oxygen atoms in total. The molecule has 2 aromatic heterocycles. The first-order chi connectivity index (χ1) is 16.0. The zero-order chi connectivity index (χ0) is 22.9. The average molecular weight is 446 g/mol. The number of amides is 1. The van der Waals surface area contributed by atoms with Crippen LogP contribution in [-0.4, -0.2) is 34.0 Å². The molecule has 1 amide bonds. The Bertz CT molecular complexity index is 1410. The Morgan fingerprint density at radius 3 is 2.73 bits per heavy atom. The van der Waals surface area contributed by atoms with Crippen molar-refractivity contribution in [2.24, 2.45) is 0 Å². The van der Waals surface area contributed by atoms with E-state index in [0.29, 0.717) is 39.9 Å². The molecule has 4 N–H and O–H groups in total. The second-order valence-corrected chi connectivity index (χ2v) is 7.86. The minimum atomic E-state index is -0.502. The maximum absolute atomic E-state index is 12.4. The van der Waals surface area contributed by atoms with Crippen LogP contribution in [0.1, 0.15) is 28.8 Å². The number of benzene rings is 2. The molecule has 1 aliphatic carbocycles. The predicted octanol–water partition coefficient (Wildman–Crippen LogP) is 3.61. The van der Waals surface area contributed by atoms with Crippen LogP contribution in [0.15, 0.2) is 51.8 Å². The third kappa shape index (κ3) is 4.49. The fraction of sp³-hybridized carbons (Fsp3) is 0.217. The van der Waals surface area contributed by atoms with Gasteiger partial charge < -0.3 is 25.1 Å². The maximum atomic E-state index is 12.4. The van der Waals surface area contributed by atoms with Crippen molar-refractivity contribution in [1.82, 2.24) is 20.3 Å². The molecule has 4 aromatic rings. The van der Waals surface area contributed by atoms with Gasteiger partial charge in [0, 0.05) is 35.2 Å². The van der Waals surface area contributed by atoms with Crippen LogP contribution in [0.4, 0.5) is 23.1 Å². The summed E-state index contributed by atoms with van der Waals surface area (Å²) in [7, 11) is 1.53. The van der Waals surface area contributed by atoms with Crippen LogP contribution in [0, 0.1) is 6.92 Å². The Balaban J connectivity index is 1.36. The number of oxazole rings is 1. The number of rotatable bonds is 7. The lowest BCUT2D eigenvalue weighted by molar-refractivity contribution is 0.0948. The van der Waals surface area contributed by atoms with Crippen LogP contribution in [0.3, 0.4) is 0 Å². The minimum Gasteiger partial charge on any atom is -0.496 e. The summed E-state index contributed by atoms with van der Waals surface area (Å²) in [6.07, 6.45) is 3.73. The maximum Gasteiger partial charge on any atom is 0.417 e. The quantitative estimate of drug-likeness (QED) is 0.338. The van der Waals surface area contributed by atoms with Gasteiger partial charge in [-0.3, -0.25) is 9.78 Å². The first-order valence-electron chi connectivity index (χ1n) is 10.5. The molecule has 2 aromatic carbocycles. The molecular formula is C23H22N6O4. The highest BCUT2D eigenvalue weighted by atomic mass is 16.5. The summed E-state index contributed by atoms with van der Waals surface area (Å²) in [6.45, 7) is 1.89. The molecule has 0 saturated heterocycles. The lowest BCUT2D eigenvalue weighted by Crippen LogP contribution is -2.25. The third-order valence-corrected chi connectivity index (χ3v) is 5.27. The molecule has 5 rings (SSSR count). The summed E-state index contributed by atoms with van der Waals surface area (Å²) in [6, 6.07) is 10.8. The van der Waals surface area contributed by atoms with E-state index in [1.165, 1.54) is 7.11 Å². The fourth-order valence-electron chi connectivity index (χ4n) is 3.37. The third-order valence-electron chi connectivity index (χ3n) is 5.27. The Morgan fingerprint density at radius 1 is 1.15 bits per heavy atom. The Kier molecular flexibility index (Phi) is 5.17. The van der Waals surface area contributed by atoms with Gasteiger partial charge in [0.05, 0.1) is 18.2 Å². The highest BCUT2D eigenvalue weighted by Crippen LogP contribution is 2.28. The standard InChI is InChI=1S/C23H22N6O4/c1-12-11-24-22(29-20(12)25-14-6-8-18-17(9-14)28-23(31)33-18)27-15-5-7-16(19(10-15)32-2)21(30)26-13-3-4-13/h5-11,13H,3-4H2,1-2H3,(H,26,30)(H,28,31)(H2,24,25,27,29). The van der Waals surface area contributed by atoms with Crippen molar-refractivity contribution in [3.8, 4) is 5.75 Å². The van der Waals surface area contributed by atoms with Crippen LogP contribution >= 0.6 is 0 Å². The van der Waals surface area contributed by atoms with Gasteiger partial charge in [-0.15, -0.1) is 0 Å². The molecule has 0 unspecified atom stereocenters. The number of carbonyl (C=O) groups excluding carboxylic acids is 1. The number of ether oxygens (including phenoxy) is 1. The molecule has 0 radical (unpaired) electrons. The molecule has 10 heteroatoms. The van der Waals surface area contributed by atoms with Crippen molar-refractivity contribution in [2.45, 2.75) is 25.8 Å². The summed E-state index contributed by atoms with van der Waals surface area (Å²) in [5.41, 5.74) is 3.81. The minimum absolute atomic E-state index is 0.144. The number of nitrogens with zero attached hydrogens (tertiary/aromatic N) is 2. The molecule has 1 aliphatic rings. The van der Waals surface area contributed by atoms with E-state index in [1.807, 2.05) is 6.92 Å². The summed E-state index contributed by atoms with van der Waals surface area (Å²) >= 11 is 0. The molecule has 33 heavy (non-hydrogen) atoms. The molecule has 2 heterocycles. The second kappa shape index (κ2) is 8.30. The van der Waals surface area contributed by atoms with Crippen molar-refractivity contribution in [2.75, 3.05) is 17.7 Å². The number of hydrogen-bond donors (Lipinski definition) is 4. The van der Waals surface area contributed by atoms with Gasteiger partial charge in [-0.1, -0.05) is 0 Å². The summed E-state index contributed by atoms with van der Waals surface area (Å²) < 4.78 is 10.5.